The third-order valence-corrected chi connectivity index (χ3v) is 1.75. The predicted molar refractivity (Wildman–Crippen MR) is 61.2 cm³/mol. The number of hydrogen-bond acceptors (Lipinski definition) is 2. The number of nitrogens with zero attached hydrogens (tertiary/aromatic N) is 2. The van der Waals surface area contributed by atoms with Gasteiger partial charge in [0.15, 0.2) is 0 Å². The topological polar surface area (TPSA) is 16.1 Å². The van der Waals surface area contributed by atoms with Gasteiger partial charge in [-0.05, 0) is 32.1 Å². The zero-order valence-electron chi connectivity index (χ0n) is 8.94. The van der Waals surface area contributed by atoms with Crippen molar-refractivity contribution in [2.24, 2.45) is 0 Å². The quantitative estimate of drug-likeness (QED) is 0.678. The molecule has 0 saturated carbocycles. The van der Waals surface area contributed by atoms with Crippen molar-refractivity contribution in [2.45, 2.75) is 13.8 Å². The lowest BCUT2D eigenvalue weighted by atomic mass is 10.3. The molecule has 0 fully saturated rings. The summed E-state index contributed by atoms with van der Waals surface area (Å²) in [6, 6.07) is 5.87. The van der Waals surface area contributed by atoms with Gasteiger partial charge in [-0.2, -0.15) is 0 Å². The molecule has 0 bridgehead atoms. The molecule has 0 N–H and O–H groups in total. The Kier molecular flexibility index (Phi) is 3.92. The number of pyridine rings is 1. The first-order valence-electron chi connectivity index (χ1n) is 4.65. The molecule has 0 spiro atoms. The molecule has 0 unspecified atom stereocenters. The molecule has 0 aliphatic rings. The fraction of sp³-hybridized carbons (Fsp3) is 0.250. The van der Waals surface area contributed by atoms with Crippen molar-refractivity contribution in [1.82, 2.24) is 4.98 Å². The highest BCUT2D eigenvalue weighted by Gasteiger charge is 1.93. The Morgan fingerprint density at radius 1 is 1.36 bits per heavy atom. The Labute approximate surface area is 85.6 Å². The number of allylic oxidation sites excluding steroid dienone is 3. The van der Waals surface area contributed by atoms with Crippen LogP contribution < -0.4 is 4.90 Å². The fourth-order valence-electron chi connectivity index (χ4n) is 1.00. The summed E-state index contributed by atoms with van der Waals surface area (Å²) in [6.07, 6.45) is 7.87. The molecule has 1 aromatic heterocycles. The normalized spacial score (nSPS) is 10.2. The van der Waals surface area contributed by atoms with Crippen LogP contribution in [-0.4, -0.2) is 12.0 Å². The van der Waals surface area contributed by atoms with Crippen LogP contribution in [0.2, 0.25) is 0 Å². The molecule has 0 aromatic carbocycles. The Morgan fingerprint density at radius 2 is 2.14 bits per heavy atom. The van der Waals surface area contributed by atoms with Gasteiger partial charge in [0, 0.05) is 19.4 Å². The molecule has 0 saturated heterocycles. The van der Waals surface area contributed by atoms with Crippen molar-refractivity contribution in [3.05, 3.63) is 48.3 Å². The molecular weight excluding hydrogens is 172 g/mol. The summed E-state index contributed by atoms with van der Waals surface area (Å²) in [6.45, 7) is 4.15. The largest absolute Gasteiger partial charge is 0.336 e. The number of aromatic nitrogens is 1. The monoisotopic (exact) mass is 188 g/mol. The van der Waals surface area contributed by atoms with E-state index in [1.165, 1.54) is 5.57 Å². The standard InChI is InChI=1S/C12H16N2/c1-11(2)7-6-10-14(3)12-8-4-5-9-13-12/h4-10H,1-3H3. The number of hydrogen-bond donors (Lipinski definition) is 0. The van der Waals surface area contributed by atoms with Gasteiger partial charge in [-0.3, -0.25) is 0 Å². The van der Waals surface area contributed by atoms with E-state index in [1.807, 2.05) is 42.4 Å². The van der Waals surface area contributed by atoms with E-state index in [0.717, 1.165) is 5.82 Å². The third kappa shape index (κ3) is 3.44. The van der Waals surface area contributed by atoms with E-state index < -0.39 is 0 Å². The zero-order chi connectivity index (χ0) is 10.4. The Balaban J connectivity index is 2.64. The lowest BCUT2D eigenvalue weighted by Crippen LogP contribution is -2.08. The van der Waals surface area contributed by atoms with Gasteiger partial charge in [-0.25, -0.2) is 4.98 Å². The minimum atomic E-state index is 0.950. The fourth-order valence-corrected chi connectivity index (χ4v) is 1.00. The van der Waals surface area contributed by atoms with Crippen LogP contribution in [0.4, 0.5) is 5.82 Å². The Hall–Kier alpha value is -1.57. The van der Waals surface area contributed by atoms with Crippen molar-refractivity contribution < 1.29 is 0 Å². The van der Waals surface area contributed by atoms with Crippen molar-refractivity contribution in [3.63, 3.8) is 0 Å². The lowest BCUT2D eigenvalue weighted by Gasteiger charge is -2.11. The highest BCUT2D eigenvalue weighted by Crippen LogP contribution is 2.06. The highest BCUT2D eigenvalue weighted by atomic mass is 15.1. The van der Waals surface area contributed by atoms with Crippen LogP contribution in [0.3, 0.4) is 0 Å². The molecule has 1 heterocycles. The van der Waals surface area contributed by atoms with Crippen LogP contribution in [0, 0.1) is 0 Å². The smallest absolute Gasteiger partial charge is 0.132 e. The van der Waals surface area contributed by atoms with E-state index in [-0.39, 0.29) is 0 Å². The second-order valence-corrected chi connectivity index (χ2v) is 3.38. The summed E-state index contributed by atoms with van der Waals surface area (Å²) in [7, 11) is 1.98. The van der Waals surface area contributed by atoms with Crippen molar-refractivity contribution >= 4 is 5.82 Å². The Bertz CT molecular complexity index is 321. The van der Waals surface area contributed by atoms with Crippen LogP contribution in [0.15, 0.2) is 48.3 Å². The van der Waals surface area contributed by atoms with E-state index in [9.17, 15) is 0 Å². The van der Waals surface area contributed by atoms with E-state index in [0.29, 0.717) is 0 Å². The molecule has 1 aromatic rings. The van der Waals surface area contributed by atoms with Gasteiger partial charge in [0.25, 0.3) is 0 Å². The molecule has 0 radical (unpaired) electrons. The molecule has 0 aliphatic carbocycles. The average molecular weight is 188 g/mol. The highest BCUT2D eigenvalue weighted by molar-refractivity contribution is 5.40. The first kappa shape index (κ1) is 10.5. The summed E-state index contributed by atoms with van der Waals surface area (Å²) < 4.78 is 0. The number of rotatable bonds is 3. The van der Waals surface area contributed by atoms with Crippen molar-refractivity contribution in [1.29, 1.82) is 0 Å². The van der Waals surface area contributed by atoms with Gasteiger partial charge in [0.2, 0.25) is 0 Å². The second kappa shape index (κ2) is 5.22. The van der Waals surface area contributed by atoms with Crippen LogP contribution in [-0.2, 0) is 0 Å². The number of anilines is 1. The molecule has 1 rings (SSSR count). The van der Waals surface area contributed by atoms with Gasteiger partial charge < -0.3 is 4.90 Å². The predicted octanol–water partition coefficient (Wildman–Crippen LogP) is 3.00. The van der Waals surface area contributed by atoms with Gasteiger partial charge in [0.1, 0.15) is 5.82 Å². The van der Waals surface area contributed by atoms with Gasteiger partial charge in [-0.1, -0.05) is 17.7 Å². The van der Waals surface area contributed by atoms with E-state index in [4.69, 9.17) is 0 Å². The van der Waals surface area contributed by atoms with Crippen molar-refractivity contribution in [3.8, 4) is 0 Å². The van der Waals surface area contributed by atoms with E-state index >= 15 is 0 Å². The van der Waals surface area contributed by atoms with Crippen LogP contribution in [0.5, 0.6) is 0 Å². The van der Waals surface area contributed by atoms with Gasteiger partial charge >= 0.3 is 0 Å². The van der Waals surface area contributed by atoms with Gasteiger partial charge in [-0.15, -0.1) is 0 Å². The summed E-state index contributed by atoms with van der Waals surface area (Å²) in [5, 5.41) is 0. The average Bonchev–Trinajstić information content (AvgIpc) is 2.18. The molecular formula is C12H16N2. The third-order valence-electron chi connectivity index (χ3n) is 1.75. The Morgan fingerprint density at radius 3 is 2.71 bits per heavy atom. The lowest BCUT2D eigenvalue weighted by molar-refractivity contribution is 1.12. The van der Waals surface area contributed by atoms with Gasteiger partial charge in [0.05, 0.1) is 0 Å². The maximum absolute atomic E-state index is 4.23. The summed E-state index contributed by atoms with van der Waals surface area (Å²) in [4.78, 5) is 6.22. The maximum Gasteiger partial charge on any atom is 0.132 e. The molecule has 14 heavy (non-hydrogen) atoms. The zero-order valence-corrected chi connectivity index (χ0v) is 8.94. The first-order valence-corrected chi connectivity index (χ1v) is 4.65. The minimum absolute atomic E-state index is 0.950. The van der Waals surface area contributed by atoms with Crippen molar-refractivity contribution in [2.75, 3.05) is 11.9 Å². The summed E-state index contributed by atoms with van der Waals surface area (Å²) >= 11 is 0. The SMILES string of the molecule is CC(C)=CC=CN(C)c1ccccn1. The maximum atomic E-state index is 4.23. The van der Waals surface area contributed by atoms with E-state index in [1.54, 1.807) is 6.20 Å². The molecule has 0 aliphatic heterocycles. The molecule has 2 heteroatoms. The van der Waals surface area contributed by atoms with E-state index in [2.05, 4.69) is 24.9 Å². The second-order valence-electron chi connectivity index (χ2n) is 3.38. The molecule has 0 amide bonds. The molecule has 2 nitrogen and oxygen atoms in total. The minimum Gasteiger partial charge on any atom is -0.336 e. The summed E-state index contributed by atoms with van der Waals surface area (Å²) in [5.74, 6) is 0.950. The van der Waals surface area contributed by atoms with Crippen LogP contribution in [0.25, 0.3) is 0 Å². The van der Waals surface area contributed by atoms with Crippen LogP contribution in [0.1, 0.15) is 13.8 Å². The summed E-state index contributed by atoms with van der Waals surface area (Å²) in [5.41, 5.74) is 1.29. The van der Waals surface area contributed by atoms with Crippen LogP contribution >= 0.6 is 0 Å². The molecule has 74 valence electrons. The molecule has 0 atom stereocenters. The first-order chi connectivity index (χ1) is 6.70.